The summed E-state index contributed by atoms with van der Waals surface area (Å²) in [7, 11) is 0. The van der Waals surface area contributed by atoms with Crippen LogP contribution < -0.4 is 0 Å². The second-order valence-corrected chi connectivity index (χ2v) is 3.41. The topological polar surface area (TPSA) is 48.8 Å². The predicted octanol–water partition coefficient (Wildman–Crippen LogP) is 3.66. The summed E-state index contributed by atoms with van der Waals surface area (Å²) in [5, 5.41) is 3.58. The molecule has 0 bridgehead atoms. The molecular weight excluding hydrogens is 174 g/mol. The molecule has 0 fully saturated rings. The highest BCUT2D eigenvalue weighted by atomic mass is 15.1. The average molecular weight is 189 g/mol. The van der Waals surface area contributed by atoms with Crippen LogP contribution >= 0.6 is 0 Å². The van der Waals surface area contributed by atoms with Gasteiger partial charge in [-0.3, -0.25) is 0 Å². The van der Waals surface area contributed by atoms with Crippen LogP contribution in [0.5, 0.6) is 0 Å². The van der Waals surface area contributed by atoms with E-state index in [1.54, 1.807) is 0 Å². The van der Waals surface area contributed by atoms with Crippen LogP contribution in [0.4, 0.5) is 0 Å². The lowest BCUT2D eigenvalue weighted by atomic mass is 9.98. The van der Waals surface area contributed by atoms with Gasteiger partial charge in [-0.1, -0.05) is 43.2 Å². The molecule has 0 aliphatic heterocycles. The van der Waals surface area contributed by atoms with Crippen molar-refractivity contribution in [2.24, 2.45) is 5.11 Å². The summed E-state index contributed by atoms with van der Waals surface area (Å²) in [6.45, 7) is 4.74. The maximum atomic E-state index is 8.22. The fraction of sp³-hybridized carbons (Fsp3) is 0.455. The minimum absolute atomic E-state index is 0.303. The van der Waals surface area contributed by atoms with Crippen molar-refractivity contribution < 1.29 is 0 Å². The minimum Gasteiger partial charge on any atom is -0.0934 e. The zero-order chi connectivity index (χ0) is 10.4. The third-order valence-electron chi connectivity index (χ3n) is 2.35. The normalized spacial score (nSPS) is 11.9. The van der Waals surface area contributed by atoms with E-state index in [9.17, 15) is 0 Å². The molecular formula is C11H15N3. The van der Waals surface area contributed by atoms with Crippen molar-refractivity contribution in [2.45, 2.75) is 26.2 Å². The molecule has 0 N–H and O–H groups in total. The Hall–Kier alpha value is -1.47. The van der Waals surface area contributed by atoms with E-state index in [0.717, 1.165) is 6.42 Å². The number of benzene rings is 1. The van der Waals surface area contributed by atoms with Crippen LogP contribution in [0.3, 0.4) is 0 Å². The Bertz CT molecular complexity index is 340. The summed E-state index contributed by atoms with van der Waals surface area (Å²) in [6, 6.07) is 8.43. The van der Waals surface area contributed by atoms with Crippen molar-refractivity contribution in [2.75, 3.05) is 6.54 Å². The van der Waals surface area contributed by atoms with Gasteiger partial charge in [-0.05, 0) is 29.0 Å². The molecule has 0 aliphatic rings. The Kier molecular flexibility index (Phi) is 4.02. The highest BCUT2D eigenvalue weighted by Crippen LogP contribution is 2.17. The number of aryl methyl sites for hydroxylation is 1. The quantitative estimate of drug-likeness (QED) is 0.394. The first-order valence-electron chi connectivity index (χ1n) is 4.87. The highest BCUT2D eigenvalue weighted by Gasteiger charge is 2.03. The Morgan fingerprint density at radius 2 is 2.29 bits per heavy atom. The van der Waals surface area contributed by atoms with Gasteiger partial charge in [0.1, 0.15) is 0 Å². The number of azide groups is 1. The lowest BCUT2D eigenvalue weighted by Crippen LogP contribution is -1.97. The Morgan fingerprint density at radius 3 is 2.93 bits per heavy atom. The summed E-state index contributed by atoms with van der Waals surface area (Å²) in [6.07, 6.45) is 1.04. The van der Waals surface area contributed by atoms with E-state index in [0.29, 0.717) is 12.5 Å². The zero-order valence-electron chi connectivity index (χ0n) is 8.64. The molecule has 0 aliphatic carbocycles. The summed E-state index contributed by atoms with van der Waals surface area (Å²) >= 11 is 0. The van der Waals surface area contributed by atoms with E-state index in [-0.39, 0.29) is 0 Å². The van der Waals surface area contributed by atoms with Gasteiger partial charge in [-0.15, -0.1) is 0 Å². The Balaban J connectivity index is 2.78. The minimum atomic E-state index is 0.303. The van der Waals surface area contributed by atoms with E-state index in [1.807, 2.05) is 0 Å². The van der Waals surface area contributed by atoms with Crippen molar-refractivity contribution in [1.29, 1.82) is 0 Å². The molecule has 0 heterocycles. The first kappa shape index (κ1) is 10.6. The summed E-state index contributed by atoms with van der Waals surface area (Å²) in [4.78, 5) is 2.77. The Morgan fingerprint density at radius 1 is 1.50 bits per heavy atom. The van der Waals surface area contributed by atoms with Gasteiger partial charge in [0, 0.05) is 11.5 Å². The molecule has 14 heavy (non-hydrogen) atoms. The van der Waals surface area contributed by atoms with Gasteiger partial charge in [0.05, 0.1) is 0 Å². The molecule has 1 atom stereocenters. The number of rotatable bonds is 4. The largest absolute Gasteiger partial charge is 0.0934 e. The first-order valence-corrected chi connectivity index (χ1v) is 4.87. The molecule has 1 aromatic carbocycles. The van der Waals surface area contributed by atoms with Crippen LogP contribution in [-0.4, -0.2) is 6.54 Å². The molecule has 74 valence electrons. The molecule has 0 amide bonds. The van der Waals surface area contributed by atoms with Crippen LogP contribution in [0.25, 0.3) is 10.4 Å². The second kappa shape index (κ2) is 5.30. The van der Waals surface area contributed by atoms with Crippen LogP contribution in [-0.2, 0) is 6.42 Å². The van der Waals surface area contributed by atoms with E-state index in [1.165, 1.54) is 11.1 Å². The van der Waals surface area contributed by atoms with E-state index < -0.39 is 0 Å². The summed E-state index contributed by atoms with van der Waals surface area (Å²) in [5.41, 5.74) is 10.8. The maximum absolute atomic E-state index is 8.22. The van der Waals surface area contributed by atoms with Gasteiger partial charge < -0.3 is 0 Å². The van der Waals surface area contributed by atoms with Crippen molar-refractivity contribution in [3.8, 4) is 0 Å². The van der Waals surface area contributed by atoms with E-state index in [2.05, 4.69) is 48.1 Å². The van der Waals surface area contributed by atoms with E-state index >= 15 is 0 Å². The summed E-state index contributed by atoms with van der Waals surface area (Å²) < 4.78 is 0. The molecule has 0 saturated carbocycles. The van der Waals surface area contributed by atoms with Crippen molar-refractivity contribution >= 4 is 0 Å². The third kappa shape index (κ3) is 2.79. The van der Waals surface area contributed by atoms with Gasteiger partial charge in [0.2, 0.25) is 0 Å². The monoisotopic (exact) mass is 189 g/mol. The van der Waals surface area contributed by atoms with Gasteiger partial charge in [-0.2, -0.15) is 0 Å². The van der Waals surface area contributed by atoms with E-state index in [4.69, 9.17) is 5.53 Å². The van der Waals surface area contributed by atoms with Crippen molar-refractivity contribution in [3.63, 3.8) is 0 Å². The van der Waals surface area contributed by atoms with Gasteiger partial charge >= 0.3 is 0 Å². The maximum Gasteiger partial charge on any atom is 0.0324 e. The van der Waals surface area contributed by atoms with Gasteiger partial charge in [-0.25, -0.2) is 0 Å². The Labute approximate surface area is 84.4 Å². The predicted molar refractivity (Wildman–Crippen MR) is 58.2 cm³/mol. The van der Waals surface area contributed by atoms with Crippen LogP contribution in [0.1, 0.15) is 30.9 Å². The molecule has 0 radical (unpaired) electrons. The first-order chi connectivity index (χ1) is 6.77. The van der Waals surface area contributed by atoms with Crippen LogP contribution in [0.2, 0.25) is 0 Å². The molecule has 3 heteroatoms. The summed E-state index contributed by atoms with van der Waals surface area (Å²) in [5.74, 6) is 0.303. The fourth-order valence-corrected chi connectivity index (χ4v) is 1.38. The number of hydrogen-bond donors (Lipinski definition) is 0. The second-order valence-electron chi connectivity index (χ2n) is 3.41. The van der Waals surface area contributed by atoms with Crippen LogP contribution in [0.15, 0.2) is 29.4 Å². The smallest absolute Gasteiger partial charge is 0.0324 e. The van der Waals surface area contributed by atoms with Gasteiger partial charge in [0.15, 0.2) is 0 Å². The van der Waals surface area contributed by atoms with Crippen molar-refractivity contribution in [1.82, 2.24) is 0 Å². The third-order valence-corrected chi connectivity index (χ3v) is 2.35. The number of hydrogen-bond acceptors (Lipinski definition) is 1. The SMILES string of the molecule is CCc1cccc(C(C)CN=[N+]=[N-])c1. The molecule has 1 rings (SSSR count). The number of nitrogens with zero attached hydrogens (tertiary/aromatic N) is 3. The molecule has 0 spiro atoms. The molecule has 3 nitrogen and oxygen atoms in total. The molecule has 0 aromatic heterocycles. The molecule has 1 unspecified atom stereocenters. The average Bonchev–Trinajstić information content (AvgIpc) is 2.26. The highest BCUT2D eigenvalue weighted by molar-refractivity contribution is 5.26. The lowest BCUT2D eigenvalue weighted by Gasteiger charge is -2.09. The fourth-order valence-electron chi connectivity index (χ4n) is 1.38. The lowest BCUT2D eigenvalue weighted by molar-refractivity contribution is 0.768. The molecule has 1 aromatic rings. The van der Waals surface area contributed by atoms with Crippen LogP contribution in [0, 0.1) is 0 Å². The zero-order valence-corrected chi connectivity index (χ0v) is 8.64. The standard InChI is InChI=1S/C11H15N3/c1-3-10-5-4-6-11(7-10)9(2)8-13-14-12/h4-7,9H,3,8H2,1-2H3. The molecule has 0 saturated heterocycles. The van der Waals surface area contributed by atoms with Crippen molar-refractivity contribution in [3.05, 3.63) is 45.8 Å². The van der Waals surface area contributed by atoms with Gasteiger partial charge in [0.25, 0.3) is 0 Å².